The summed E-state index contributed by atoms with van der Waals surface area (Å²) in [6, 6.07) is 0. The van der Waals surface area contributed by atoms with E-state index in [1.807, 2.05) is 0 Å². The Morgan fingerprint density at radius 3 is 2.43 bits per heavy atom. The van der Waals surface area contributed by atoms with Crippen LogP contribution in [0, 0.1) is 13.8 Å². The van der Waals surface area contributed by atoms with Crippen LogP contribution in [0.1, 0.15) is 50.2 Å². The van der Waals surface area contributed by atoms with E-state index >= 15 is 0 Å². The molecule has 0 spiro atoms. The molecule has 8 heteroatoms. The van der Waals surface area contributed by atoms with Gasteiger partial charge in [-0.1, -0.05) is 0 Å². The summed E-state index contributed by atoms with van der Waals surface area (Å²) >= 11 is 1.79. The zero-order valence-corrected chi connectivity index (χ0v) is 21.6. The SMILES string of the molecule is CCNC(=NCC(C)(C)N1CC(C)OC(C)C1)NCCc1nc(C)c(C)s1.I. The molecule has 1 aromatic rings. The molecule has 0 amide bonds. The minimum absolute atomic E-state index is 0. The highest BCUT2D eigenvalue weighted by molar-refractivity contribution is 14.0. The Bertz CT molecular complexity index is 605. The standard InChI is InChI=1S/C20H37N5OS.HI/c1-8-21-19(22-10-9-18-24-16(4)17(5)27-18)23-13-20(6,7)25-11-14(2)26-15(3)12-25;/h14-15H,8-13H2,1-7H3,(H2,21,22,23);1H. The van der Waals surface area contributed by atoms with Crippen molar-refractivity contribution in [1.29, 1.82) is 0 Å². The minimum atomic E-state index is -0.00180. The van der Waals surface area contributed by atoms with Crippen molar-refractivity contribution < 1.29 is 4.74 Å². The van der Waals surface area contributed by atoms with Crippen molar-refractivity contribution in [2.45, 2.75) is 72.6 Å². The van der Waals surface area contributed by atoms with Crippen LogP contribution < -0.4 is 10.6 Å². The summed E-state index contributed by atoms with van der Waals surface area (Å²) in [5, 5.41) is 8.00. The van der Waals surface area contributed by atoms with E-state index in [1.54, 1.807) is 11.3 Å². The third kappa shape index (κ3) is 7.76. The first kappa shape index (κ1) is 25.6. The normalized spacial score (nSPS) is 21.3. The van der Waals surface area contributed by atoms with Gasteiger partial charge in [-0.2, -0.15) is 0 Å². The summed E-state index contributed by atoms with van der Waals surface area (Å²) in [5.41, 5.74) is 1.14. The molecule has 1 fully saturated rings. The van der Waals surface area contributed by atoms with Gasteiger partial charge in [-0.3, -0.25) is 9.89 Å². The van der Waals surface area contributed by atoms with Crippen molar-refractivity contribution in [2.75, 3.05) is 32.7 Å². The Kier molecular flexibility index (Phi) is 10.7. The van der Waals surface area contributed by atoms with Gasteiger partial charge in [-0.25, -0.2) is 4.98 Å². The monoisotopic (exact) mass is 523 g/mol. The summed E-state index contributed by atoms with van der Waals surface area (Å²) in [4.78, 5) is 13.3. The molecule has 1 aliphatic heterocycles. The molecule has 162 valence electrons. The van der Waals surface area contributed by atoms with Gasteiger partial charge in [0.05, 0.1) is 29.5 Å². The Labute approximate surface area is 192 Å². The lowest BCUT2D eigenvalue weighted by molar-refractivity contribution is -0.0939. The number of aryl methyl sites for hydroxylation is 2. The fourth-order valence-electron chi connectivity index (χ4n) is 3.32. The molecule has 1 saturated heterocycles. The topological polar surface area (TPSA) is 61.8 Å². The fraction of sp³-hybridized carbons (Fsp3) is 0.800. The molecule has 28 heavy (non-hydrogen) atoms. The molecule has 2 heterocycles. The number of hydrogen-bond acceptors (Lipinski definition) is 5. The largest absolute Gasteiger partial charge is 0.373 e. The molecule has 2 rings (SSSR count). The molecule has 0 aliphatic carbocycles. The summed E-state index contributed by atoms with van der Waals surface area (Å²) < 4.78 is 5.87. The van der Waals surface area contributed by atoms with E-state index in [4.69, 9.17) is 9.73 Å². The molecule has 0 saturated carbocycles. The Morgan fingerprint density at radius 1 is 1.25 bits per heavy atom. The van der Waals surface area contributed by atoms with E-state index < -0.39 is 0 Å². The molecule has 0 aromatic carbocycles. The van der Waals surface area contributed by atoms with Crippen molar-refractivity contribution in [2.24, 2.45) is 4.99 Å². The average Bonchev–Trinajstić information content (AvgIpc) is 2.90. The number of ether oxygens (including phenoxy) is 1. The van der Waals surface area contributed by atoms with E-state index in [9.17, 15) is 0 Å². The molecule has 1 aromatic heterocycles. The van der Waals surface area contributed by atoms with Crippen LogP contribution in [0.5, 0.6) is 0 Å². The first-order valence-corrected chi connectivity index (χ1v) is 10.9. The number of aliphatic imine (C=N–C) groups is 1. The average molecular weight is 524 g/mol. The van der Waals surface area contributed by atoms with Gasteiger partial charge >= 0.3 is 0 Å². The molecule has 0 radical (unpaired) electrons. The van der Waals surface area contributed by atoms with E-state index in [0.29, 0.717) is 0 Å². The van der Waals surface area contributed by atoms with Gasteiger partial charge in [0.2, 0.25) is 0 Å². The van der Waals surface area contributed by atoms with Crippen LogP contribution in [0.15, 0.2) is 4.99 Å². The van der Waals surface area contributed by atoms with Crippen LogP contribution in [0.25, 0.3) is 0 Å². The quantitative estimate of drug-likeness (QED) is 0.326. The zero-order chi connectivity index (χ0) is 20.0. The number of rotatable bonds is 7. The third-order valence-corrected chi connectivity index (χ3v) is 6.08. The van der Waals surface area contributed by atoms with Gasteiger partial charge in [0.1, 0.15) is 0 Å². The van der Waals surface area contributed by atoms with Gasteiger partial charge < -0.3 is 15.4 Å². The smallest absolute Gasteiger partial charge is 0.191 e. The number of guanidine groups is 1. The second kappa shape index (κ2) is 11.7. The van der Waals surface area contributed by atoms with Crippen LogP contribution in [0.2, 0.25) is 0 Å². The van der Waals surface area contributed by atoms with Crippen molar-refractivity contribution >= 4 is 41.3 Å². The van der Waals surface area contributed by atoms with Crippen LogP contribution in [-0.2, 0) is 11.2 Å². The number of aromatic nitrogens is 1. The summed E-state index contributed by atoms with van der Waals surface area (Å²) in [5.74, 6) is 0.880. The lowest BCUT2D eigenvalue weighted by Gasteiger charge is -2.44. The van der Waals surface area contributed by atoms with Gasteiger partial charge in [-0.15, -0.1) is 35.3 Å². The van der Waals surface area contributed by atoms with E-state index in [1.165, 1.54) is 9.88 Å². The summed E-state index contributed by atoms with van der Waals surface area (Å²) in [6.45, 7) is 19.5. The lowest BCUT2D eigenvalue weighted by Crippen LogP contribution is -2.56. The molecule has 2 atom stereocenters. The molecule has 2 N–H and O–H groups in total. The maximum absolute atomic E-state index is 5.87. The van der Waals surface area contributed by atoms with Crippen LogP contribution in [-0.4, -0.2) is 66.3 Å². The summed E-state index contributed by atoms with van der Waals surface area (Å²) in [6.07, 6.45) is 1.47. The Morgan fingerprint density at radius 2 is 1.89 bits per heavy atom. The molecule has 1 aliphatic rings. The molecule has 6 nitrogen and oxygen atoms in total. The summed E-state index contributed by atoms with van der Waals surface area (Å²) in [7, 11) is 0. The van der Waals surface area contributed by atoms with Gasteiger partial charge in [-0.05, 0) is 48.5 Å². The zero-order valence-electron chi connectivity index (χ0n) is 18.5. The lowest BCUT2D eigenvalue weighted by atomic mass is 10.0. The number of nitrogens with zero attached hydrogens (tertiary/aromatic N) is 3. The van der Waals surface area contributed by atoms with E-state index in [2.05, 4.69) is 69.0 Å². The van der Waals surface area contributed by atoms with Gasteiger partial charge in [0.15, 0.2) is 5.96 Å². The number of halogens is 1. The third-order valence-electron chi connectivity index (χ3n) is 4.95. The number of nitrogens with one attached hydrogen (secondary N) is 2. The molecular weight excluding hydrogens is 485 g/mol. The second-order valence-electron chi connectivity index (χ2n) is 8.10. The van der Waals surface area contributed by atoms with Crippen molar-refractivity contribution in [1.82, 2.24) is 20.5 Å². The first-order chi connectivity index (χ1) is 12.7. The highest BCUT2D eigenvalue weighted by Crippen LogP contribution is 2.21. The predicted octanol–water partition coefficient (Wildman–Crippen LogP) is 3.36. The number of hydrogen-bond donors (Lipinski definition) is 2. The Balaban J connectivity index is 0.00000392. The predicted molar refractivity (Wildman–Crippen MR) is 130 cm³/mol. The first-order valence-electron chi connectivity index (χ1n) is 10.1. The maximum Gasteiger partial charge on any atom is 0.191 e. The van der Waals surface area contributed by atoms with Crippen LogP contribution in [0.4, 0.5) is 0 Å². The molecule has 2 unspecified atom stereocenters. The highest BCUT2D eigenvalue weighted by atomic mass is 127. The number of morpholine rings is 1. The molecule has 0 bridgehead atoms. The van der Waals surface area contributed by atoms with Gasteiger partial charge in [0.25, 0.3) is 0 Å². The van der Waals surface area contributed by atoms with Crippen molar-refractivity contribution in [3.8, 4) is 0 Å². The van der Waals surface area contributed by atoms with Gasteiger partial charge in [0, 0.05) is 43.0 Å². The van der Waals surface area contributed by atoms with Crippen LogP contribution in [0.3, 0.4) is 0 Å². The minimum Gasteiger partial charge on any atom is -0.373 e. The molecular formula is C20H38IN5OS. The maximum atomic E-state index is 5.87. The second-order valence-corrected chi connectivity index (χ2v) is 9.38. The number of thiazole rings is 1. The van der Waals surface area contributed by atoms with Crippen LogP contribution >= 0.6 is 35.3 Å². The van der Waals surface area contributed by atoms with Crippen molar-refractivity contribution in [3.05, 3.63) is 15.6 Å². The van der Waals surface area contributed by atoms with Crippen molar-refractivity contribution in [3.63, 3.8) is 0 Å². The Hall–Kier alpha value is -0.450. The highest BCUT2D eigenvalue weighted by Gasteiger charge is 2.33. The van der Waals surface area contributed by atoms with E-state index in [-0.39, 0.29) is 41.7 Å². The van der Waals surface area contributed by atoms with E-state index in [0.717, 1.165) is 50.8 Å². The fourth-order valence-corrected chi connectivity index (χ4v) is 4.25.